The van der Waals surface area contributed by atoms with Crippen LogP contribution < -0.4 is 5.32 Å². The number of hydrogen-bond donors (Lipinski definition) is 1. The lowest BCUT2D eigenvalue weighted by molar-refractivity contribution is 0.749. The van der Waals surface area contributed by atoms with Gasteiger partial charge in [0.1, 0.15) is 11.7 Å². The van der Waals surface area contributed by atoms with Crippen LogP contribution in [0.4, 0.5) is 0 Å². The summed E-state index contributed by atoms with van der Waals surface area (Å²) in [6.45, 7) is 0. The van der Waals surface area contributed by atoms with Crippen LogP contribution in [0.25, 0.3) is 71.3 Å². The summed E-state index contributed by atoms with van der Waals surface area (Å²) >= 11 is 0. The van der Waals surface area contributed by atoms with Gasteiger partial charge in [0.15, 0.2) is 6.17 Å². The van der Waals surface area contributed by atoms with Crippen molar-refractivity contribution in [1.29, 1.82) is 0 Å². The van der Waals surface area contributed by atoms with Gasteiger partial charge in [-0.3, -0.25) is 0 Å². The number of amidine groups is 2. The van der Waals surface area contributed by atoms with E-state index >= 15 is 0 Å². The molecule has 298 valence electrons. The third kappa shape index (κ3) is 4.82. The summed E-state index contributed by atoms with van der Waals surface area (Å²) in [6, 6.07) is 79.8. The second-order valence-corrected chi connectivity index (χ2v) is 17.3. The van der Waals surface area contributed by atoms with Crippen molar-refractivity contribution >= 4 is 55.0 Å². The summed E-state index contributed by atoms with van der Waals surface area (Å²) in [5.74, 6) is 1.61. The molecule has 0 amide bonds. The zero-order chi connectivity index (χ0) is 41.9. The van der Waals surface area contributed by atoms with E-state index in [1.165, 1.54) is 77.2 Å². The monoisotopic (exact) mass is 814 g/mol. The van der Waals surface area contributed by atoms with Gasteiger partial charge in [0.2, 0.25) is 0 Å². The standard InChI is InChI=1S/C60H38N4/c1-3-18-42-38(14-1)16-11-23-48(42)58-61-57(62-59(63-58)49-24-12-17-39-15-2-4-19-43(39)49)40-32-30-37(31-33-40)41-34-35-45-44-20-5-7-25-50(44)60(53(45)36-41)51-26-8-10-29-55(51)64-54-28-9-6-21-46(54)47-22-13-27-52(60)56(47)64/h1-36,58H,(H,61,62,63). The highest BCUT2D eigenvalue weighted by molar-refractivity contribution is 6.20. The van der Waals surface area contributed by atoms with Crippen molar-refractivity contribution in [1.82, 2.24) is 9.88 Å². The molecule has 3 aliphatic rings. The van der Waals surface area contributed by atoms with Crippen LogP contribution in [0.5, 0.6) is 0 Å². The first-order valence-electron chi connectivity index (χ1n) is 22.1. The van der Waals surface area contributed by atoms with Gasteiger partial charge in [-0.2, -0.15) is 0 Å². The molecule has 2 atom stereocenters. The van der Waals surface area contributed by atoms with Crippen LogP contribution in [-0.2, 0) is 5.41 Å². The Morgan fingerprint density at radius 1 is 0.391 bits per heavy atom. The number of fused-ring (bicyclic) bond motifs is 14. The smallest absolute Gasteiger partial charge is 0.170 e. The van der Waals surface area contributed by atoms with Crippen molar-refractivity contribution in [2.45, 2.75) is 11.6 Å². The second-order valence-electron chi connectivity index (χ2n) is 17.3. The van der Waals surface area contributed by atoms with E-state index in [0.717, 1.165) is 44.7 Å². The van der Waals surface area contributed by atoms with Crippen molar-refractivity contribution in [3.8, 4) is 27.9 Å². The van der Waals surface area contributed by atoms with Crippen molar-refractivity contribution in [2.75, 3.05) is 0 Å². The third-order valence-electron chi connectivity index (χ3n) is 14.1. The molecule has 0 bridgehead atoms. The Morgan fingerprint density at radius 3 is 1.84 bits per heavy atom. The molecule has 0 saturated heterocycles. The van der Waals surface area contributed by atoms with Crippen molar-refractivity contribution in [3.05, 3.63) is 257 Å². The molecule has 10 aromatic carbocycles. The van der Waals surface area contributed by atoms with Gasteiger partial charge in [0, 0.05) is 27.5 Å². The molecule has 14 rings (SSSR count). The van der Waals surface area contributed by atoms with Gasteiger partial charge in [0.25, 0.3) is 0 Å². The summed E-state index contributed by atoms with van der Waals surface area (Å²) < 4.78 is 2.51. The van der Waals surface area contributed by atoms with Gasteiger partial charge >= 0.3 is 0 Å². The van der Waals surface area contributed by atoms with E-state index in [1.807, 2.05) is 0 Å². The summed E-state index contributed by atoms with van der Waals surface area (Å²) in [5, 5.41) is 10.9. The lowest BCUT2D eigenvalue weighted by Gasteiger charge is -2.39. The average Bonchev–Trinajstić information content (AvgIpc) is 3.86. The Morgan fingerprint density at radius 2 is 0.969 bits per heavy atom. The molecule has 0 fully saturated rings. The molecule has 2 aliphatic heterocycles. The molecule has 3 heterocycles. The lowest BCUT2D eigenvalue weighted by atomic mass is 9.65. The first-order chi connectivity index (χ1) is 31.7. The molecule has 1 spiro atoms. The number of aromatic nitrogens is 1. The topological polar surface area (TPSA) is 41.7 Å². The predicted octanol–water partition coefficient (Wildman–Crippen LogP) is 13.9. The maximum absolute atomic E-state index is 5.35. The molecular weight excluding hydrogens is 777 g/mol. The molecule has 0 radical (unpaired) electrons. The van der Waals surface area contributed by atoms with Crippen molar-refractivity contribution in [3.63, 3.8) is 0 Å². The molecule has 1 aliphatic carbocycles. The van der Waals surface area contributed by atoms with Gasteiger partial charge in [0.05, 0.1) is 22.1 Å². The van der Waals surface area contributed by atoms with Crippen LogP contribution in [0.15, 0.2) is 228 Å². The molecule has 11 aromatic rings. The largest absolute Gasteiger partial charge is 0.324 e. The maximum atomic E-state index is 5.35. The number of benzene rings is 10. The lowest BCUT2D eigenvalue weighted by Crippen LogP contribution is -2.36. The molecule has 64 heavy (non-hydrogen) atoms. The molecule has 1 aromatic heterocycles. The van der Waals surface area contributed by atoms with E-state index < -0.39 is 11.6 Å². The van der Waals surface area contributed by atoms with Gasteiger partial charge in [-0.25, -0.2) is 9.98 Å². The highest BCUT2D eigenvalue weighted by Crippen LogP contribution is 2.61. The SMILES string of the molecule is c1ccc2c(c1)-c1ccc(-c3ccc(C4=NC(c5cccc6ccccc56)N=C(c5cccc6ccccc56)N4)cc3)cc1C21c2ccccc2-n2c3ccccc3c3cccc1c32. The molecule has 4 heteroatoms. The third-order valence-corrected chi connectivity index (χ3v) is 14.1. The van der Waals surface area contributed by atoms with E-state index in [2.05, 4.69) is 228 Å². The minimum atomic E-state index is -0.503. The summed E-state index contributed by atoms with van der Waals surface area (Å²) in [5.41, 5.74) is 16.6. The van der Waals surface area contributed by atoms with E-state index in [-0.39, 0.29) is 0 Å². The minimum absolute atomic E-state index is 0.424. The maximum Gasteiger partial charge on any atom is 0.170 e. The summed E-state index contributed by atoms with van der Waals surface area (Å²) in [7, 11) is 0. The Balaban J connectivity index is 0.918. The quantitative estimate of drug-likeness (QED) is 0.189. The Bertz CT molecular complexity index is 3820. The van der Waals surface area contributed by atoms with E-state index in [4.69, 9.17) is 9.98 Å². The molecule has 0 saturated carbocycles. The van der Waals surface area contributed by atoms with Gasteiger partial charge in [-0.15, -0.1) is 0 Å². The van der Waals surface area contributed by atoms with E-state index in [1.54, 1.807) is 0 Å². The number of nitrogens with zero attached hydrogens (tertiary/aromatic N) is 3. The van der Waals surface area contributed by atoms with Crippen LogP contribution >= 0.6 is 0 Å². The number of hydrogen-bond acceptors (Lipinski definition) is 3. The number of aliphatic imine (C=N–C) groups is 2. The van der Waals surface area contributed by atoms with Crippen molar-refractivity contribution in [2.24, 2.45) is 9.98 Å². The van der Waals surface area contributed by atoms with Crippen LogP contribution in [0, 0.1) is 0 Å². The second kappa shape index (κ2) is 13.3. The number of rotatable bonds is 4. The fraction of sp³-hybridized carbons (Fsp3) is 0.0333. The van der Waals surface area contributed by atoms with E-state index in [9.17, 15) is 0 Å². The highest BCUT2D eigenvalue weighted by atomic mass is 15.2. The van der Waals surface area contributed by atoms with Crippen LogP contribution in [-0.4, -0.2) is 16.2 Å². The Labute approximate surface area is 370 Å². The summed E-state index contributed by atoms with van der Waals surface area (Å²) in [4.78, 5) is 10.7. The summed E-state index contributed by atoms with van der Waals surface area (Å²) in [6.07, 6.45) is -0.424. The fourth-order valence-electron chi connectivity index (χ4n) is 11.3. The first kappa shape index (κ1) is 35.3. The van der Waals surface area contributed by atoms with E-state index in [0.29, 0.717) is 0 Å². The Kier molecular flexibility index (Phi) is 7.35. The number of para-hydroxylation sites is 3. The fourth-order valence-corrected chi connectivity index (χ4v) is 11.3. The number of nitrogens with one attached hydrogen (secondary N) is 1. The zero-order valence-corrected chi connectivity index (χ0v) is 34.7. The van der Waals surface area contributed by atoms with Gasteiger partial charge in [-0.05, 0) is 84.3 Å². The van der Waals surface area contributed by atoms with Gasteiger partial charge in [-0.1, -0.05) is 200 Å². The average molecular weight is 815 g/mol. The zero-order valence-electron chi connectivity index (χ0n) is 34.7. The van der Waals surface area contributed by atoms with Crippen molar-refractivity contribution < 1.29 is 0 Å². The first-order valence-corrected chi connectivity index (χ1v) is 22.1. The predicted molar refractivity (Wildman–Crippen MR) is 264 cm³/mol. The molecule has 1 N–H and O–H groups in total. The van der Waals surface area contributed by atoms with Gasteiger partial charge < -0.3 is 9.88 Å². The van der Waals surface area contributed by atoms with Crippen LogP contribution in [0.2, 0.25) is 0 Å². The Hall–Kier alpha value is -8.34. The van der Waals surface area contributed by atoms with Crippen LogP contribution in [0.3, 0.4) is 0 Å². The molecule has 2 unspecified atom stereocenters. The minimum Gasteiger partial charge on any atom is -0.324 e. The van der Waals surface area contributed by atoms with Crippen LogP contribution in [0.1, 0.15) is 45.1 Å². The molecular formula is C60H38N4. The highest BCUT2D eigenvalue weighted by Gasteiger charge is 2.50. The normalized spacial score (nSPS) is 17.0. The molecule has 4 nitrogen and oxygen atoms in total.